The van der Waals surface area contributed by atoms with E-state index in [0.717, 1.165) is 28.2 Å². The maximum absolute atomic E-state index is 12.8. The van der Waals surface area contributed by atoms with E-state index in [0.29, 0.717) is 6.42 Å². The molecule has 1 aromatic carbocycles. The number of nitrogens with zero attached hydrogens (tertiary/aromatic N) is 2. The molecule has 3 N–H and O–H groups in total. The highest BCUT2D eigenvalue weighted by Gasteiger charge is 2.37. The summed E-state index contributed by atoms with van der Waals surface area (Å²) < 4.78 is 36.9. The van der Waals surface area contributed by atoms with Crippen LogP contribution in [0.5, 0.6) is 0 Å². The summed E-state index contributed by atoms with van der Waals surface area (Å²) in [6.45, 7) is 0.179. The normalized spacial score (nSPS) is 12.3. The summed E-state index contributed by atoms with van der Waals surface area (Å²) in [5.74, 6) is -3.28. The molecule has 3 rings (SSSR count). The summed E-state index contributed by atoms with van der Waals surface area (Å²) in [6.07, 6.45) is 0.124. The predicted octanol–water partition coefficient (Wildman–Crippen LogP) is 3.02. The van der Waals surface area contributed by atoms with Crippen LogP contribution in [-0.4, -0.2) is 56.3 Å². The van der Waals surface area contributed by atoms with Crippen LogP contribution in [0.25, 0.3) is 10.9 Å². The van der Waals surface area contributed by atoms with Gasteiger partial charge in [-0.15, -0.1) is 0 Å². The number of nitrogens with one attached hydrogen (secondary N) is 3. The third kappa shape index (κ3) is 7.30. The largest absolute Gasteiger partial charge is 0.450 e. The number of carbonyl (C=O) groups is 3. The first-order chi connectivity index (χ1) is 16.2. The maximum atomic E-state index is 12.8. The number of aromatic nitrogens is 3. The van der Waals surface area contributed by atoms with Crippen LogP contribution in [0, 0.1) is 0 Å². The number of amides is 2. The molecule has 8 nitrogen and oxygen atoms in total. The topological polar surface area (TPSA) is 117 Å². The number of H-pyrrole nitrogens is 1. The standard InChI is InChI=1S/C22H22F3N5O3S/c23-22(24,25)18(31)13-34-9-3-6-17(30-21(33)19-26-7-8-27-19)20(32)29-12-14-10-15-4-1-2-5-16(15)28-11-14/h1-2,4-5,7-8,10-11,17H,3,6,9,12-13H2,(H,26,27)(H,29,32)(H,30,33)/t17-/m0/s1. The van der Waals surface area contributed by atoms with Crippen molar-refractivity contribution >= 4 is 40.3 Å². The van der Waals surface area contributed by atoms with Crippen molar-refractivity contribution in [3.05, 3.63) is 60.3 Å². The van der Waals surface area contributed by atoms with Gasteiger partial charge in [0, 0.05) is 30.5 Å². The number of Topliss-reactive ketones (excluding diaryl/α,β-unsaturated/α-hetero) is 1. The van der Waals surface area contributed by atoms with Crippen LogP contribution >= 0.6 is 11.8 Å². The molecule has 0 aliphatic heterocycles. The zero-order valence-electron chi connectivity index (χ0n) is 17.9. The van der Waals surface area contributed by atoms with E-state index >= 15 is 0 Å². The summed E-state index contributed by atoms with van der Waals surface area (Å²) in [7, 11) is 0. The highest BCUT2D eigenvalue weighted by Crippen LogP contribution is 2.19. The lowest BCUT2D eigenvalue weighted by Crippen LogP contribution is -2.46. The number of para-hydroxylation sites is 1. The number of carbonyl (C=O) groups excluding carboxylic acids is 3. The molecule has 0 fully saturated rings. The Bertz CT molecular complexity index is 1140. The number of imidazole rings is 1. The first-order valence-electron chi connectivity index (χ1n) is 10.3. The highest BCUT2D eigenvalue weighted by molar-refractivity contribution is 7.99. The fraction of sp³-hybridized carbons (Fsp3) is 0.318. The second-order valence-corrected chi connectivity index (χ2v) is 8.44. The average molecular weight is 494 g/mol. The Labute approximate surface area is 197 Å². The minimum Gasteiger partial charge on any atom is -0.350 e. The zero-order valence-corrected chi connectivity index (χ0v) is 18.7. The van der Waals surface area contributed by atoms with Crippen LogP contribution in [0.2, 0.25) is 0 Å². The fourth-order valence-corrected chi connectivity index (χ4v) is 3.91. The lowest BCUT2D eigenvalue weighted by atomic mass is 10.1. The molecule has 2 aromatic heterocycles. The Morgan fingerprint density at radius 2 is 1.94 bits per heavy atom. The van der Waals surface area contributed by atoms with Gasteiger partial charge in [0.1, 0.15) is 6.04 Å². The van der Waals surface area contributed by atoms with E-state index in [2.05, 4.69) is 25.6 Å². The Kier molecular flexibility index (Phi) is 8.63. The van der Waals surface area contributed by atoms with Gasteiger partial charge in [-0.2, -0.15) is 24.9 Å². The summed E-state index contributed by atoms with van der Waals surface area (Å²) in [4.78, 5) is 47.0. The van der Waals surface area contributed by atoms with Gasteiger partial charge in [0.25, 0.3) is 5.91 Å². The van der Waals surface area contributed by atoms with E-state index in [-0.39, 0.29) is 24.5 Å². The van der Waals surface area contributed by atoms with E-state index in [9.17, 15) is 27.6 Å². The van der Waals surface area contributed by atoms with E-state index in [1.807, 2.05) is 30.3 Å². The smallest absolute Gasteiger partial charge is 0.350 e. The van der Waals surface area contributed by atoms with Crippen LogP contribution < -0.4 is 10.6 Å². The predicted molar refractivity (Wildman–Crippen MR) is 121 cm³/mol. The minimum absolute atomic E-state index is 0.0293. The third-order valence-electron chi connectivity index (χ3n) is 4.78. The number of ketones is 1. The number of alkyl halides is 3. The van der Waals surface area contributed by atoms with E-state index in [4.69, 9.17) is 0 Å². The molecule has 3 aromatic rings. The molecule has 0 aliphatic carbocycles. The van der Waals surface area contributed by atoms with Crippen LogP contribution in [-0.2, 0) is 16.1 Å². The van der Waals surface area contributed by atoms with Gasteiger partial charge in [0.2, 0.25) is 11.7 Å². The van der Waals surface area contributed by atoms with E-state index in [1.54, 1.807) is 6.20 Å². The molecule has 0 bridgehead atoms. The number of thioether (sulfide) groups is 1. The molecular formula is C22H22F3N5O3S. The van der Waals surface area contributed by atoms with Gasteiger partial charge in [-0.1, -0.05) is 18.2 Å². The molecule has 0 saturated carbocycles. The first-order valence-corrected chi connectivity index (χ1v) is 11.5. The van der Waals surface area contributed by atoms with Gasteiger partial charge in [0.15, 0.2) is 5.82 Å². The molecule has 0 aliphatic rings. The van der Waals surface area contributed by atoms with Crippen LogP contribution in [0.1, 0.15) is 29.0 Å². The van der Waals surface area contributed by atoms with Crippen LogP contribution in [0.15, 0.2) is 48.9 Å². The first kappa shape index (κ1) is 25.2. The van der Waals surface area contributed by atoms with Gasteiger partial charge in [-0.3, -0.25) is 19.4 Å². The number of rotatable bonds is 11. The van der Waals surface area contributed by atoms with Crippen molar-refractivity contribution in [2.24, 2.45) is 0 Å². The van der Waals surface area contributed by atoms with Crippen molar-refractivity contribution < 1.29 is 27.6 Å². The fourth-order valence-electron chi connectivity index (χ4n) is 3.05. The SMILES string of the molecule is O=C(N[C@@H](CCCSCC(=O)C(F)(F)F)C(=O)NCc1cnc2ccccc2c1)c1ncc[nH]1. The third-order valence-corrected chi connectivity index (χ3v) is 5.82. The summed E-state index contributed by atoms with van der Waals surface area (Å²) in [5, 5.41) is 6.27. The number of fused-ring (bicyclic) bond motifs is 1. The number of hydrogen-bond acceptors (Lipinski definition) is 6. The van der Waals surface area contributed by atoms with Gasteiger partial charge >= 0.3 is 6.18 Å². The van der Waals surface area contributed by atoms with Crippen molar-refractivity contribution in [1.82, 2.24) is 25.6 Å². The van der Waals surface area contributed by atoms with Gasteiger partial charge in [-0.25, -0.2) is 4.98 Å². The second kappa shape index (κ2) is 11.6. The minimum atomic E-state index is -4.86. The number of halogens is 3. The number of aromatic amines is 1. The molecule has 0 spiro atoms. The molecule has 180 valence electrons. The second-order valence-electron chi connectivity index (χ2n) is 7.33. The van der Waals surface area contributed by atoms with Crippen molar-refractivity contribution in [2.75, 3.05) is 11.5 Å². The van der Waals surface area contributed by atoms with Crippen LogP contribution in [0.4, 0.5) is 13.2 Å². The zero-order chi connectivity index (χ0) is 24.6. The lowest BCUT2D eigenvalue weighted by Gasteiger charge is -2.18. The lowest BCUT2D eigenvalue weighted by molar-refractivity contribution is -0.167. The van der Waals surface area contributed by atoms with Gasteiger partial charge in [-0.05, 0) is 36.3 Å². The summed E-state index contributed by atoms with van der Waals surface area (Å²) in [5.41, 5.74) is 1.59. The van der Waals surface area contributed by atoms with Crippen LogP contribution in [0.3, 0.4) is 0 Å². The van der Waals surface area contributed by atoms with Crippen molar-refractivity contribution in [3.63, 3.8) is 0 Å². The van der Waals surface area contributed by atoms with Crippen molar-refractivity contribution in [2.45, 2.75) is 31.6 Å². The molecular weight excluding hydrogens is 471 g/mol. The quantitative estimate of drug-likeness (QED) is 0.354. The monoisotopic (exact) mass is 493 g/mol. The highest BCUT2D eigenvalue weighted by atomic mass is 32.2. The molecule has 1 atom stereocenters. The molecule has 2 amide bonds. The van der Waals surface area contributed by atoms with E-state index < -0.39 is 35.6 Å². The Hall–Kier alpha value is -3.41. The van der Waals surface area contributed by atoms with Crippen molar-refractivity contribution in [3.8, 4) is 0 Å². The Balaban J connectivity index is 1.56. The average Bonchev–Trinajstić information content (AvgIpc) is 3.36. The number of pyridine rings is 1. The van der Waals surface area contributed by atoms with E-state index in [1.165, 1.54) is 12.4 Å². The number of benzene rings is 1. The molecule has 12 heteroatoms. The molecule has 0 saturated heterocycles. The molecule has 2 heterocycles. The Morgan fingerprint density at radius 3 is 2.68 bits per heavy atom. The maximum Gasteiger partial charge on any atom is 0.450 e. The molecule has 34 heavy (non-hydrogen) atoms. The summed E-state index contributed by atoms with van der Waals surface area (Å²) >= 11 is 0.829. The molecule has 0 radical (unpaired) electrons. The van der Waals surface area contributed by atoms with Gasteiger partial charge < -0.3 is 15.6 Å². The van der Waals surface area contributed by atoms with Gasteiger partial charge in [0.05, 0.1) is 11.3 Å². The number of hydrogen-bond donors (Lipinski definition) is 3. The Morgan fingerprint density at radius 1 is 1.15 bits per heavy atom. The molecule has 0 unspecified atom stereocenters. The summed E-state index contributed by atoms with van der Waals surface area (Å²) in [6, 6.07) is 8.49. The van der Waals surface area contributed by atoms with Crippen molar-refractivity contribution in [1.29, 1.82) is 0 Å².